The molecule has 1 aliphatic heterocycles. The van der Waals surface area contributed by atoms with Crippen LogP contribution in [0.15, 0.2) is 109 Å². The number of carbonyl (C=O) groups is 2. The molecule has 12 nitrogen and oxygen atoms in total. The van der Waals surface area contributed by atoms with Gasteiger partial charge in [0, 0.05) is 12.8 Å². The molecule has 66 heavy (non-hydrogen) atoms. The molecule has 0 saturated carbocycles. The molecule has 0 aliphatic carbocycles. The fourth-order valence-electron chi connectivity index (χ4n) is 6.59. The zero-order chi connectivity index (χ0) is 48.4. The number of hydrogen-bond donors (Lipinski definition) is 4. The van der Waals surface area contributed by atoms with E-state index in [1.165, 1.54) is 44.9 Å². The molecular weight excluding hydrogens is 861 g/mol. The van der Waals surface area contributed by atoms with E-state index < -0.39 is 71.2 Å². The van der Waals surface area contributed by atoms with Crippen molar-refractivity contribution in [2.75, 3.05) is 19.0 Å². The highest BCUT2D eigenvalue weighted by molar-refractivity contribution is 7.85. The van der Waals surface area contributed by atoms with E-state index >= 15 is 0 Å². The van der Waals surface area contributed by atoms with Gasteiger partial charge in [0.15, 0.2) is 12.4 Å². The SMILES string of the molecule is CC/C=C/C/C=C/C/C=C/C/C=C/C/C=C/CCCC(=O)OC[C@H](CO[C@H]1O[C@H](CS(=O)(=O)O)[C@@H](O)C(O)C1O)OC(=O)CCC/C=C/C/C=C/C/C=C/C/C=C/CCCCCCCCC. The van der Waals surface area contributed by atoms with Gasteiger partial charge in [-0.25, -0.2) is 0 Å². The van der Waals surface area contributed by atoms with Gasteiger partial charge in [0.2, 0.25) is 0 Å². The van der Waals surface area contributed by atoms with E-state index in [4.69, 9.17) is 18.9 Å². The predicted octanol–water partition coefficient (Wildman–Crippen LogP) is 10.8. The maximum atomic E-state index is 12.8. The van der Waals surface area contributed by atoms with Crippen LogP contribution in [0.5, 0.6) is 0 Å². The minimum atomic E-state index is -4.63. The van der Waals surface area contributed by atoms with Crippen molar-refractivity contribution in [3.63, 3.8) is 0 Å². The molecule has 0 bridgehead atoms. The molecule has 1 rings (SSSR count). The third kappa shape index (κ3) is 35.5. The third-order valence-electron chi connectivity index (χ3n) is 10.3. The Morgan fingerprint density at radius 1 is 0.530 bits per heavy atom. The second kappa shape index (κ2) is 41.5. The summed E-state index contributed by atoms with van der Waals surface area (Å²) in [6, 6.07) is 0. The number of allylic oxidation sites excluding steroid dienone is 18. The standard InChI is InChI=1S/C53H84O12S/c1-3-5-7-9-11-13-15-17-19-21-22-23-24-26-28-30-32-34-36-38-40-42-49(55)64-46(44-63-53-52(58)51(57)50(56)47(65-53)45-66(59,60)61)43-62-48(54)41-39-37-35-33-31-29-27-25-20-18-16-14-12-10-8-6-4-2/h6,8,12,14,18-21,23-24,27-30,33-36,46-47,50-53,56-58H,3-5,7,9-11,13,15-17,22,25-26,31-32,37-45H2,1-2H3,(H,59,60,61)/b8-6+,14-12+,20-18+,21-19+,24-23+,29-27+,30-28+,35-33+,36-34+/t46-,47-,50-,51?,52?,53+/m1/s1. The van der Waals surface area contributed by atoms with Gasteiger partial charge in [0.05, 0.1) is 6.61 Å². The van der Waals surface area contributed by atoms with Crippen molar-refractivity contribution in [3.8, 4) is 0 Å². The summed E-state index contributed by atoms with van der Waals surface area (Å²) in [6.07, 6.45) is 48.6. The van der Waals surface area contributed by atoms with Crippen LogP contribution in [0, 0.1) is 0 Å². The van der Waals surface area contributed by atoms with E-state index in [0.717, 1.165) is 57.8 Å². The maximum Gasteiger partial charge on any atom is 0.306 e. The van der Waals surface area contributed by atoms with Gasteiger partial charge in [-0.15, -0.1) is 0 Å². The average molecular weight is 945 g/mol. The Hall–Kier alpha value is -3.69. The first-order chi connectivity index (χ1) is 32.0. The van der Waals surface area contributed by atoms with Crippen LogP contribution in [0.3, 0.4) is 0 Å². The fourth-order valence-corrected chi connectivity index (χ4v) is 7.28. The minimum Gasteiger partial charge on any atom is -0.462 e. The third-order valence-corrected chi connectivity index (χ3v) is 11.1. The number of carbonyl (C=O) groups excluding carboxylic acids is 2. The van der Waals surface area contributed by atoms with E-state index in [2.05, 4.69) is 98.9 Å². The summed E-state index contributed by atoms with van der Waals surface area (Å²) in [4.78, 5) is 25.4. The molecule has 13 heteroatoms. The van der Waals surface area contributed by atoms with E-state index in [1.54, 1.807) is 0 Å². The summed E-state index contributed by atoms with van der Waals surface area (Å²) in [7, 11) is -4.63. The first-order valence-electron chi connectivity index (χ1n) is 24.4. The quantitative estimate of drug-likeness (QED) is 0.0198. The Kier molecular flexibility index (Phi) is 37.9. The molecule has 0 radical (unpaired) electrons. The number of esters is 2. The molecule has 0 amide bonds. The summed E-state index contributed by atoms with van der Waals surface area (Å²) < 4.78 is 54.0. The zero-order valence-electron chi connectivity index (χ0n) is 40.0. The Morgan fingerprint density at radius 3 is 1.42 bits per heavy atom. The number of ether oxygens (including phenoxy) is 4. The van der Waals surface area contributed by atoms with Crippen molar-refractivity contribution in [1.29, 1.82) is 0 Å². The van der Waals surface area contributed by atoms with Crippen molar-refractivity contribution < 1.29 is 56.8 Å². The number of unbranched alkanes of at least 4 members (excludes halogenated alkanes) is 9. The van der Waals surface area contributed by atoms with E-state index in [1.807, 2.05) is 24.3 Å². The van der Waals surface area contributed by atoms with Crippen LogP contribution < -0.4 is 0 Å². The van der Waals surface area contributed by atoms with Crippen molar-refractivity contribution in [2.45, 2.75) is 192 Å². The lowest BCUT2D eigenvalue weighted by atomic mass is 10.00. The molecule has 0 spiro atoms. The molecule has 0 aromatic carbocycles. The monoisotopic (exact) mass is 945 g/mol. The lowest BCUT2D eigenvalue weighted by Gasteiger charge is -2.40. The van der Waals surface area contributed by atoms with Crippen LogP contribution in [0.25, 0.3) is 0 Å². The van der Waals surface area contributed by atoms with E-state index in [9.17, 15) is 37.9 Å². The zero-order valence-corrected chi connectivity index (χ0v) is 40.8. The van der Waals surface area contributed by atoms with Gasteiger partial charge in [0.25, 0.3) is 10.1 Å². The highest BCUT2D eigenvalue weighted by Gasteiger charge is 2.46. The summed E-state index contributed by atoms with van der Waals surface area (Å²) in [5, 5.41) is 30.9. The normalized spacial score (nSPS) is 20.4. The highest BCUT2D eigenvalue weighted by atomic mass is 32.2. The Labute approximate surface area is 397 Å². The molecular formula is C53H84O12S. The lowest BCUT2D eigenvalue weighted by Crippen LogP contribution is -2.60. The molecule has 4 N–H and O–H groups in total. The van der Waals surface area contributed by atoms with Gasteiger partial charge in [-0.2, -0.15) is 8.42 Å². The molecule has 6 atom stereocenters. The molecule has 1 saturated heterocycles. The largest absolute Gasteiger partial charge is 0.462 e. The van der Waals surface area contributed by atoms with Crippen LogP contribution in [0.4, 0.5) is 0 Å². The van der Waals surface area contributed by atoms with Gasteiger partial charge >= 0.3 is 11.9 Å². The molecule has 1 aliphatic rings. The van der Waals surface area contributed by atoms with Crippen LogP contribution >= 0.6 is 0 Å². The van der Waals surface area contributed by atoms with Gasteiger partial charge in [-0.05, 0) is 89.9 Å². The summed E-state index contributed by atoms with van der Waals surface area (Å²) >= 11 is 0. The second-order valence-electron chi connectivity index (χ2n) is 16.4. The maximum absolute atomic E-state index is 12.8. The summed E-state index contributed by atoms with van der Waals surface area (Å²) in [5.41, 5.74) is 0. The summed E-state index contributed by atoms with van der Waals surface area (Å²) in [5.74, 6) is -2.15. The Morgan fingerprint density at radius 2 is 0.955 bits per heavy atom. The second-order valence-corrected chi connectivity index (χ2v) is 17.9. The smallest absolute Gasteiger partial charge is 0.306 e. The van der Waals surface area contributed by atoms with Crippen LogP contribution in [0.1, 0.15) is 155 Å². The van der Waals surface area contributed by atoms with Gasteiger partial charge in [0.1, 0.15) is 36.8 Å². The van der Waals surface area contributed by atoms with Gasteiger partial charge in [-0.3, -0.25) is 14.1 Å². The van der Waals surface area contributed by atoms with Crippen molar-refractivity contribution in [3.05, 3.63) is 109 Å². The molecule has 1 fully saturated rings. The highest BCUT2D eigenvalue weighted by Crippen LogP contribution is 2.24. The number of rotatable bonds is 39. The molecule has 0 aromatic heterocycles. The molecule has 374 valence electrons. The minimum absolute atomic E-state index is 0.0695. The van der Waals surface area contributed by atoms with E-state index in [0.29, 0.717) is 25.7 Å². The molecule has 0 aromatic rings. The van der Waals surface area contributed by atoms with Crippen molar-refractivity contribution in [2.24, 2.45) is 0 Å². The lowest BCUT2D eigenvalue weighted by molar-refractivity contribution is -0.297. The average Bonchev–Trinajstić information content (AvgIpc) is 3.28. The Balaban J connectivity index is 2.50. The number of hydrogen-bond acceptors (Lipinski definition) is 11. The van der Waals surface area contributed by atoms with Crippen LogP contribution in [0.2, 0.25) is 0 Å². The van der Waals surface area contributed by atoms with Crippen LogP contribution in [-0.4, -0.2) is 96.0 Å². The molecule has 1 heterocycles. The topological polar surface area (TPSA) is 186 Å². The predicted molar refractivity (Wildman–Crippen MR) is 265 cm³/mol. The van der Waals surface area contributed by atoms with Crippen molar-refractivity contribution >= 4 is 22.1 Å². The van der Waals surface area contributed by atoms with Gasteiger partial charge in [-0.1, -0.05) is 162 Å². The Bertz CT molecular complexity index is 1620. The fraction of sp³-hybridized carbons (Fsp3) is 0.623. The van der Waals surface area contributed by atoms with E-state index in [-0.39, 0.29) is 19.4 Å². The summed E-state index contributed by atoms with van der Waals surface area (Å²) in [6.45, 7) is 3.54. The van der Waals surface area contributed by atoms with Gasteiger partial charge < -0.3 is 34.3 Å². The van der Waals surface area contributed by atoms with Crippen LogP contribution in [-0.2, 0) is 38.7 Å². The number of aliphatic hydroxyl groups is 3. The first-order valence-corrected chi connectivity index (χ1v) is 26.1. The van der Waals surface area contributed by atoms with Crippen molar-refractivity contribution in [1.82, 2.24) is 0 Å². The number of aliphatic hydroxyl groups excluding tert-OH is 3. The molecule has 2 unspecified atom stereocenters. The first kappa shape index (κ1) is 60.3.